The normalized spacial score (nSPS) is 14.8. The summed E-state index contributed by atoms with van der Waals surface area (Å²) < 4.78 is 92.2. The molecular weight excluding hydrogens is 639 g/mol. The number of aromatic nitrogens is 1. The number of hydrazine groups is 1. The Bertz CT molecular complexity index is 1500. The topological polar surface area (TPSA) is 88.1 Å². The lowest BCUT2D eigenvalue weighted by Gasteiger charge is -2.38. The molecule has 1 saturated heterocycles. The minimum absolute atomic E-state index is 0.0172. The smallest absolute Gasteiger partial charge is 0.378 e. The van der Waals surface area contributed by atoms with Crippen molar-refractivity contribution in [2.45, 2.75) is 24.8 Å². The number of morpholine rings is 1. The maximum Gasteiger partial charge on any atom is 0.416 e. The van der Waals surface area contributed by atoms with E-state index in [1.54, 1.807) is 29.2 Å². The van der Waals surface area contributed by atoms with Gasteiger partial charge in [0.15, 0.2) is 5.76 Å². The number of hydrogen-bond acceptors (Lipinski definition) is 8. The summed E-state index contributed by atoms with van der Waals surface area (Å²) in [5, 5.41) is 5.24. The standard InChI is InChI=1S/C28H27Cl2F6N5O3/c1-39(2)24(25(42)22-21(14-29)44-38-23(22)19-5-3-4-6-20(19)30)26(40-7-9-43-10-8-40)41(37)15-16-11-17(27(31,32)33)13-18(12-16)28(34,35)36/h3-6,11-13H,7-10,14-15,37H2,1-2H3/b26-24-. The van der Waals surface area contributed by atoms with Crippen molar-refractivity contribution < 1.29 is 40.4 Å². The third-order valence-corrected chi connectivity index (χ3v) is 7.27. The summed E-state index contributed by atoms with van der Waals surface area (Å²) in [6.07, 6.45) is -10.1. The second-order valence-electron chi connectivity index (χ2n) is 9.98. The van der Waals surface area contributed by atoms with Crippen molar-refractivity contribution in [3.05, 3.63) is 87.0 Å². The molecule has 1 aliphatic heterocycles. The minimum atomic E-state index is -5.05. The zero-order chi connectivity index (χ0) is 32.4. The first-order valence-electron chi connectivity index (χ1n) is 13.0. The molecule has 0 amide bonds. The second kappa shape index (κ2) is 13.3. The molecule has 1 aromatic heterocycles. The maximum atomic E-state index is 14.4. The number of ether oxygens (including phenoxy) is 1. The Balaban J connectivity index is 1.89. The van der Waals surface area contributed by atoms with Crippen LogP contribution in [0.2, 0.25) is 5.02 Å². The molecule has 8 nitrogen and oxygen atoms in total. The van der Waals surface area contributed by atoms with Gasteiger partial charge in [0.1, 0.15) is 17.2 Å². The first-order valence-corrected chi connectivity index (χ1v) is 13.9. The molecule has 1 fully saturated rings. The van der Waals surface area contributed by atoms with Gasteiger partial charge in [-0.05, 0) is 29.8 Å². The highest BCUT2D eigenvalue weighted by Crippen LogP contribution is 2.38. The number of benzene rings is 2. The van der Waals surface area contributed by atoms with Gasteiger partial charge in [0.05, 0.1) is 47.4 Å². The molecule has 0 aliphatic carbocycles. The van der Waals surface area contributed by atoms with Crippen LogP contribution in [0.5, 0.6) is 0 Å². The van der Waals surface area contributed by atoms with Crippen molar-refractivity contribution in [3.63, 3.8) is 0 Å². The van der Waals surface area contributed by atoms with Gasteiger partial charge in [0.2, 0.25) is 5.78 Å². The number of hydrogen-bond donors (Lipinski definition) is 1. The fraction of sp³-hybridized carbons (Fsp3) is 0.357. The summed E-state index contributed by atoms with van der Waals surface area (Å²) >= 11 is 12.5. The number of ketones is 1. The van der Waals surface area contributed by atoms with Crippen LogP contribution in [0.15, 0.2) is 58.5 Å². The van der Waals surface area contributed by atoms with Crippen molar-refractivity contribution in [3.8, 4) is 11.3 Å². The average molecular weight is 666 g/mol. The van der Waals surface area contributed by atoms with Gasteiger partial charge in [-0.1, -0.05) is 35.0 Å². The van der Waals surface area contributed by atoms with Gasteiger partial charge >= 0.3 is 12.4 Å². The highest BCUT2D eigenvalue weighted by atomic mass is 35.5. The van der Waals surface area contributed by atoms with Crippen LogP contribution in [0.4, 0.5) is 26.3 Å². The van der Waals surface area contributed by atoms with Gasteiger partial charge in [0.25, 0.3) is 0 Å². The Morgan fingerprint density at radius 3 is 2.14 bits per heavy atom. The number of carbonyl (C=O) groups excluding carboxylic acids is 1. The molecule has 0 spiro atoms. The Morgan fingerprint density at radius 2 is 1.61 bits per heavy atom. The fourth-order valence-corrected chi connectivity index (χ4v) is 5.14. The number of halogens is 8. The largest absolute Gasteiger partial charge is 0.416 e. The summed E-state index contributed by atoms with van der Waals surface area (Å²) in [6.45, 7) is 0.257. The number of nitrogens with zero attached hydrogens (tertiary/aromatic N) is 4. The highest BCUT2D eigenvalue weighted by molar-refractivity contribution is 6.33. The molecule has 0 atom stereocenters. The zero-order valence-corrected chi connectivity index (χ0v) is 24.9. The van der Waals surface area contributed by atoms with Crippen molar-refractivity contribution in [1.82, 2.24) is 20.0 Å². The molecule has 2 N–H and O–H groups in total. The molecular formula is C28H27Cl2F6N5O3. The van der Waals surface area contributed by atoms with Crippen LogP contribution in [-0.4, -0.2) is 66.1 Å². The lowest BCUT2D eigenvalue weighted by molar-refractivity contribution is -0.143. The lowest BCUT2D eigenvalue weighted by atomic mass is 10.00. The predicted octanol–water partition coefficient (Wildman–Crippen LogP) is 6.39. The van der Waals surface area contributed by atoms with Gasteiger partial charge in [-0.25, -0.2) is 5.84 Å². The third kappa shape index (κ3) is 7.25. The SMILES string of the molecule is CN(C)/C(C(=O)c1c(-c2ccccc2Cl)noc1CCl)=C(\N(N)Cc1cc(C(F)(F)F)cc(C(F)(F)F)c1)N1CCOCC1. The number of carbonyl (C=O) groups is 1. The number of alkyl halides is 7. The van der Waals surface area contributed by atoms with Crippen LogP contribution in [0.3, 0.4) is 0 Å². The van der Waals surface area contributed by atoms with Gasteiger partial charge in [0, 0.05) is 32.7 Å². The van der Waals surface area contributed by atoms with E-state index in [4.69, 9.17) is 38.3 Å². The van der Waals surface area contributed by atoms with E-state index in [0.717, 1.165) is 5.01 Å². The average Bonchev–Trinajstić information content (AvgIpc) is 3.39. The number of rotatable bonds is 9. The molecule has 16 heteroatoms. The summed E-state index contributed by atoms with van der Waals surface area (Å²) in [4.78, 5) is 17.5. The molecule has 4 rings (SSSR count). The van der Waals surface area contributed by atoms with Crippen molar-refractivity contribution >= 4 is 29.0 Å². The molecule has 2 aromatic carbocycles. The number of likely N-dealkylation sites (N-methyl/N-ethyl adjacent to an activating group) is 1. The van der Waals surface area contributed by atoms with Gasteiger partial charge in [-0.3, -0.25) is 9.80 Å². The Kier molecular flexibility index (Phi) is 10.1. The molecule has 2 heterocycles. The van der Waals surface area contributed by atoms with Gasteiger partial charge in [-0.15, -0.1) is 11.6 Å². The molecule has 1 aliphatic rings. The van der Waals surface area contributed by atoms with Crippen molar-refractivity contribution in [2.24, 2.45) is 5.84 Å². The Hall–Kier alpha value is -3.46. The maximum absolute atomic E-state index is 14.4. The van der Waals surface area contributed by atoms with E-state index in [1.165, 1.54) is 19.0 Å². The van der Waals surface area contributed by atoms with Crippen molar-refractivity contribution in [2.75, 3.05) is 40.4 Å². The molecule has 0 radical (unpaired) electrons. The molecule has 0 unspecified atom stereocenters. The van der Waals surface area contributed by atoms with E-state index in [-0.39, 0.29) is 77.4 Å². The predicted molar refractivity (Wildman–Crippen MR) is 150 cm³/mol. The van der Waals surface area contributed by atoms with Crippen LogP contribution in [0, 0.1) is 0 Å². The number of nitrogens with two attached hydrogens (primary N) is 1. The van der Waals surface area contributed by atoms with Crippen molar-refractivity contribution in [1.29, 1.82) is 0 Å². The van der Waals surface area contributed by atoms with Crippen LogP contribution >= 0.6 is 23.2 Å². The quantitative estimate of drug-likeness (QED) is 0.0703. The summed E-state index contributed by atoms with van der Waals surface area (Å²) in [5.74, 6) is 5.57. The summed E-state index contributed by atoms with van der Waals surface area (Å²) in [7, 11) is 3.08. The van der Waals surface area contributed by atoms with Gasteiger partial charge < -0.3 is 19.1 Å². The number of Topliss-reactive ketones (excluding diaryl/α,β-unsaturated/α-hetero) is 1. The molecule has 0 bridgehead atoms. The minimum Gasteiger partial charge on any atom is -0.378 e. The van der Waals surface area contributed by atoms with Crippen LogP contribution in [-0.2, 0) is 29.5 Å². The first-order chi connectivity index (χ1) is 20.6. The van der Waals surface area contributed by atoms with Crippen LogP contribution < -0.4 is 5.84 Å². The molecule has 0 saturated carbocycles. The van der Waals surface area contributed by atoms with E-state index < -0.39 is 35.8 Å². The fourth-order valence-electron chi connectivity index (χ4n) is 4.73. The van der Waals surface area contributed by atoms with E-state index in [1.807, 2.05) is 0 Å². The number of allylic oxidation sites excluding steroid dienone is 1. The van der Waals surface area contributed by atoms with E-state index in [0.29, 0.717) is 17.7 Å². The Labute approximate surface area is 258 Å². The monoisotopic (exact) mass is 665 g/mol. The van der Waals surface area contributed by atoms with Crippen LogP contribution in [0.25, 0.3) is 11.3 Å². The van der Waals surface area contributed by atoms with Crippen LogP contribution in [0.1, 0.15) is 32.8 Å². The molecule has 238 valence electrons. The Morgan fingerprint density at radius 1 is 1.02 bits per heavy atom. The lowest BCUT2D eigenvalue weighted by Crippen LogP contribution is -2.47. The zero-order valence-electron chi connectivity index (χ0n) is 23.4. The van der Waals surface area contributed by atoms with Gasteiger partial charge in [-0.2, -0.15) is 26.3 Å². The highest BCUT2D eigenvalue weighted by Gasteiger charge is 2.38. The first kappa shape index (κ1) is 33.4. The van der Waals surface area contributed by atoms with E-state index in [2.05, 4.69) is 5.16 Å². The summed E-state index contributed by atoms with van der Waals surface area (Å²) in [6, 6.07) is 7.79. The van der Waals surface area contributed by atoms with E-state index >= 15 is 0 Å². The molecule has 3 aromatic rings. The van der Waals surface area contributed by atoms with E-state index in [9.17, 15) is 31.1 Å². The third-order valence-electron chi connectivity index (χ3n) is 6.70. The molecule has 44 heavy (non-hydrogen) atoms. The summed E-state index contributed by atoms with van der Waals surface area (Å²) in [5.41, 5.74) is -2.98. The second-order valence-corrected chi connectivity index (χ2v) is 10.7.